The fourth-order valence-corrected chi connectivity index (χ4v) is 3.26. The van der Waals surface area contributed by atoms with E-state index in [0.29, 0.717) is 23.7 Å². The van der Waals surface area contributed by atoms with Crippen molar-refractivity contribution in [3.8, 4) is 0 Å². The summed E-state index contributed by atoms with van der Waals surface area (Å²) in [5.74, 6) is -0.499. The van der Waals surface area contributed by atoms with Crippen molar-refractivity contribution in [1.82, 2.24) is 5.32 Å². The summed E-state index contributed by atoms with van der Waals surface area (Å²) in [6.07, 6.45) is 5.60. The third kappa shape index (κ3) is 2.95. The molecule has 0 unspecified atom stereocenters. The standard InChI is InChI=1S/C16H17ClN2O2/c17-11-4-6-12(7-5-11)19-15(20)13-3-1-2-10-8-9-18-16(21)14(10)13/h1-2,4-7,10,13-14H,3,8-9H2,(H,18,21)(H,19,20)/t10-,13-,14+/m0/s1. The van der Waals surface area contributed by atoms with E-state index in [0.717, 1.165) is 6.42 Å². The number of carbonyl (C=O) groups is 2. The van der Waals surface area contributed by atoms with Crippen molar-refractivity contribution in [3.05, 3.63) is 41.4 Å². The number of halogens is 1. The molecular weight excluding hydrogens is 288 g/mol. The van der Waals surface area contributed by atoms with Crippen LogP contribution in [0.2, 0.25) is 5.02 Å². The molecule has 0 saturated carbocycles. The van der Waals surface area contributed by atoms with Crippen molar-refractivity contribution in [1.29, 1.82) is 0 Å². The quantitative estimate of drug-likeness (QED) is 0.825. The van der Waals surface area contributed by atoms with E-state index in [2.05, 4.69) is 16.7 Å². The predicted octanol–water partition coefficient (Wildman–Crippen LogP) is 2.61. The molecule has 3 rings (SSSR count). The van der Waals surface area contributed by atoms with Gasteiger partial charge in [0.2, 0.25) is 11.8 Å². The first-order valence-corrected chi connectivity index (χ1v) is 7.54. The molecule has 0 aromatic heterocycles. The Bertz CT molecular complexity index is 582. The molecule has 1 saturated heterocycles. The van der Waals surface area contributed by atoms with Crippen molar-refractivity contribution in [2.45, 2.75) is 12.8 Å². The average molecular weight is 305 g/mol. The maximum atomic E-state index is 12.5. The van der Waals surface area contributed by atoms with Crippen molar-refractivity contribution >= 4 is 29.1 Å². The van der Waals surface area contributed by atoms with Crippen LogP contribution in [0.15, 0.2) is 36.4 Å². The van der Waals surface area contributed by atoms with Gasteiger partial charge in [-0.15, -0.1) is 0 Å². The fourth-order valence-electron chi connectivity index (χ4n) is 3.14. The van der Waals surface area contributed by atoms with Gasteiger partial charge in [-0.3, -0.25) is 9.59 Å². The summed E-state index contributed by atoms with van der Waals surface area (Å²) in [6.45, 7) is 0.690. The van der Waals surface area contributed by atoms with Crippen LogP contribution in [0.4, 0.5) is 5.69 Å². The first-order chi connectivity index (χ1) is 10.1. The number of rotatable bonds is 2. The van der Waals surface area contributed by atoms with Crippen LogP contribution < -0.4 is 10.6 Å². The fraction of sp³-hybridized carbons (Fsp3) is 0.375. The molecule has 2 aliphatic rings. The van der Waals surface area contributed by atoms with Crippen LogP contribution in [-0.2, 0) is 9.59 Å². The summed E-state index contributed by atoms with van der Waals surface area (Å²) in [5, 5.41) is 6.37. The number of piperidine rings is 1. The predicted molar refractivity (Wildman–Crippen MR) is 81.9 cm³/mol. The van der Waals surface area contributed by atoms with Crippen LogP contribution in [0.3, 0.4) is 0 Å². The summed E-state index contributed by atoms with van der Waals surface area (Å²) >= 11 is 5.83. The lowest BCUT2D eigenvalue weighted by molar-refractivity contribution is -0.136. The number of carbonyl (C=O) groups excluding carboxylic acids is 2. The van der Waals surface area contributed by atoms with E-state index in [9.17, 15) is 9.59 Å². The largest absolute Gasteiger partial charge is 0.356 e. The molecule has 0 spiro atoms. The SMILES string of the molecule is O=C1NCC[C@@H]2C=CC[C@H](C(=O)Nc3ccc(Cl)cc3)[C@H]12. The van der Waals surface area contributed by atoms with E-state index in [-0.39, 0.29) is 29.6 Å². The van der Waals surface area contributed by atoms with Crippen molar-refractivity contribution in [3.63, 3.8) is 0 Å². The molecule has 3 atom stereocenters. The van der Waals surface area contributed by atoms with Crippen LogP contribution in [0.25, 0.3) is 0 Å². The van der Waals surface area contributed by atoms with Crippen molar-refractivity contribution in [2.24, 2.45) is 17.8 Å². The van der Waals surface area contributed by atoms with Crippen molar-refractivity contribution in [2.75, 3.05) is 11.9 Å². The lowest BCUT2D eigenvalue weighted by atomic mass is 9.72. The summed E-state index contributed by atoms with van der Waals surface area (Å²) in [7, 11) is 0. The number of nitrogens with one attached hydrogen (secondary N) is 2. The van der Waals surface area contributed by atoms with Gasteiger partial charge in [-0.1, -0.05) is 23.8 Å². The Hall–Kier alpha value is -1.81. The maximum absolute atomic E-state index is 12.5. The van der Waals surface area contributed by atoms with Crippen LogP contribution in [0.5, 0.6) is 0 Å². The van der Waals surface area contributed by atoms with Crippen LogP contribution >= 0.6 is 11.6 Å². The number of hydrogen-bond acceptors (Lipinski definition) is 2. The zero-order valence-electron chi connectivity index (χ0n) is 11.5. The molecule has 1 fully saturated rings. The monoisotopic (exact) mass is 304 g/mol. The summed E-state index contributed by atoms with van der Waals surface area (Å²) in [6, 6.07) is 6.98. The van der Waals surface area contributed by atoms with Gasteiger partial charge in [0.15, 0.2) is 0 Å². The Balaban J connectivity index is 1.75. The first-order valence-electron chi connectivity index (χ1n) is 7.16. The van der Waals surface area contributed by atoms with Gasteiger partial charge in [-0.05, 0) is 43.0 Å². The van der Waals surface area contributed by atoms with Gasteiger partial charge in [0.1, 0.15) is 0 Å². The number of benzene rings is 1. The van der Waals surface area contributed by atoms with Crippen LogP contribution in [0, 0.1) is 17.8 Å². The highest BCUT2D eigenvalue weighted by Gasteiger charge is 2.41. The molecule has 2 amide bonds. The van der Waals surface area contributed by atoms with Crippen molar-refractivity contribution < 1.29 is 9.59 Å². The summed E-state index contributed by atoms with van der Waals surface area (Å²) < 4.78 is 0. The van der Waals surface area contributed by atoms with E-state index in [1.165, 1.54) is 0 Å². The zero-order chi connectivity index (χ0) is 14.8. The number of hydrogen-bond donors (Lipinski definition) is 2. The molecule has 110 valence electrons. The molecule has 1 aliphatic carbocycles. The molecule has 1 aliphatic heterocycles. The van der Waals surface area contributed by atoms with Gasteiger partial charge in [0.25, 0.3) is 0 Å². The Labute approximate surface area is 128 Å². The van der Waals surface area contributed by atoms with Gasteiger partial charge in [0.05, 0.1) is 11.8 Å². The Morgan fingerprint density at radius 1 is 1.29 bits per heavy atom. The number of anilines is 1. The number of fused-ring (bicyclic) bond motifs is 1. The number of amides is 2. The van der Waals surface area contributed by atoms with E-state index in [4.69, 9.17) is 11.6 Å². The van der Waals surface area contributed by atoms with Gasteiger partial charge in [-0.25, -0.2) is 0 Å². The first kappa shape index (κ1) is 14.1. The summed E-state index contributed by atoms with van der Waals surface area (Å²) in [4.78, 5) is 24.6. The van der Waals surface area contributed by atoms with Gasteiger partial charge < -0.3 is 10.6 Å². The molecule has 4 nitrogen and oxygen atoms in total. The minimum absolute atomic E-state index is 0.00754. The lowest BCUT2D eigenvalue weighted by Crippen LogP contribution is -2.49. The topological polar surface area (TPSA) is 58.2 Å². The second-order valence-electron chi connectivity index (χ2n) is 5.54. The van der Waals surface area contributed by atoms with Crippen LogP contribution in [0.1, 0.15) is 12.8 Å². The third-order valence-corrected chi connectivity index (χ3v) is 4.45. The minimum Gasteiger partial charge on any atom is -0.356 e. The second kappa shape index (κ2) is 5.90. The van der Waals surface area contributed by atoms with E-state index < -0.39 is 0 Å². The molecule has 1 aromatic rings. The molecule has 5 heteroatoms. The van der Waals surface area contributed by atoms with Crippen LogP contribution in [-0.4, -0.2) is 18.4 Å². The zero-order valence-corrected chi connectivity index (χ0v) is 12.3. The Morgan fingerprint density at radius 2 is 2.05 bits per heavy atom. The molecule has 21 heavy (non-hydrogen) atoms. The highest BCUT2D eigenvalue weighted by atomic mass is 35.5. The normalized spacial score (nSPS) is 27.7. The van der Waals surface area contributed by atoms with E-state index in [1.807, 2.05) is 6.08 Å². The second-order valence-corrected chi connectivity index (χ2v) is 5.97. The molecule has 1 aromatic carbocycles. The summed E-state index contributed by atoms with van der Waals surface area (Å²) in [5.41, 5.74) is 0.701. The van der Waals surface area contributed by atoms with Gasteiger partial charge >= 0.3 is 0 Å². The molecule has 1 heterocycles. The van der Waals surface area contributed by atoms with E-state index in [1.54, 1.807) is 24.3 Å². The van der Waals surface area contributed by atoms with Gasteiger partial charge in [0, 0.05) is 17.3 Å². The molecule has 0 radical (unpaired) electrons. The smallest absolute Gasteiger partial charge is 0.228 e. The Kier molecular flexibility index (Phi) is 3.97. The maximum Gasteiger partial charge on any atom is 0.228 e. The van der Waals surface area contributed by atoms with E-state index >= 15 is 0 Å². The highest BCUT2D eigenvalue weighted by Crippen LogP contribution is 2.35. The highest BCUT2D eigenvalue weighted by molar-refractivity contribution is 6.30. The van der Waals surface area contributed by atoms with Gasteiger partial charge in [-0.2, -0.15) is 0 Å². The number of allylic oxidation sites excluding steroid dienone is 2. The average Bonchev–Trinajstić information content (AvgIpc) is 2.49. The Morgan fingerprint density at radius 3 is 2.81 bits per heavy atom. The molecule has 2 N–H and O–H groups in total. The third-order valence-electron chi connectivity index (χ3n) is 4.20. The molecular formula is C16H17ClN2O2. The lowest BCUT2D eigenvalue weighted by Gasteiger charge is -2.36. The minimum atomic E-state index is -0.309. The molecule has 0 bridgehead atoms.